The lowest BCUT2D eigenvalue weighted by Gasteiger charge is -2.56. The first kappa shape index (κ1) is 16.8. The molecule has 1 atom stereocenters. The van der Waals surface area contributed by atoms with E-state index in [4.69, 9.17) is 0 Å². The van der Waals surface area contributed by atoms with E-state index in [1.165, 1.54) is 0 Å². The molecule has 4 bridgehead atoms. The summed E-state index contributed by atoms with van der Waals surface area (Å²) in [4.78, 5) is 24.3. The topological polar surface area (TPSA) is 97.7 Å². The van der Waals surface area contributed by atoms with Gasteiger partial charge in [0.15, 0.2) is 5.78 Å². The van der Waals surface area contributed by atoms with Crippen LogP contribution in [0.3, 0.4) is 0 Å². The summed E-state index contributed by atoms with van der Waals surface area (Å²) in [5, 5.41) is -3.62. The predicted molar refractivity (Wildman–Crippen MR) is 77.6 cm³/mol. The molecule has 0 aromatic heterocycles. The van der Waals surface area contributed by atoms with Crippen LogP contribution in [-0.2, 0) is 24.4 Å². The minimum Gasteiger partial charge on any atom is -0.469 e. The van der Waals surface area contributed by atoms with Gasteiger partial charge in [0.2, 0.25) is 0 Å². The Morgan fingerprint density at radius 3 is 1.96 bits per heavy atom. The first-order chi connectivity index (χ1) is 10.6. The summed E-state index contributed by atoms with van der Waals surface area (Å²) >= 11 is 0. The first-order valence-corrected chi connectivity index (χ1v) is 9.31. The average Bonchev–Trinajstić information content (AvgIpc) is 2.43. The molecule has 4 aliphatic rings. The molecular weight excluding hydrogens is 327 g/mol. The van der Waals surface area contributed by atoms with Crippen LogP contribution < -0.4 is 0 Å². The second-order valence-corrected chi connectivity index (χ2v) is 9.08. The van der Waals surface area contributed by atoms with Gasteiger partial charge >= 0.3 is 21.1 Å². The molecule has 0 radical (unpaired) electrons. The Morgan fingerprint density at radius 1 is 1.17 bits per heavy atom. The van der Waals surface area contributed by atoms with E-state index in [2.05, 4.69) is 4.74 Å². The number of carbonyl (C=O) groups is 2. The molecule has 8 heteroatoms. The van der Waals surface area contributed by atoms with Crippen molar-refractivity contribution in [2.75, 3.05) is 7.11 Å². The van der Waals surface area contributed by atoms with Gasteiger partial charge in [0.05, 0.1) is 7.11 Å². The third-order valence-electron chi connectivity index (χ3n) is 5.87. The van der Waals surface area contributed by atoms with Crippen molar-refractivity contribution in [3.05, 3.63) is 0 Å². The highest BCUT2D eigenvalue weighted by Gasteiger charge is 2.64. The molecule has 0 saturated heterocycles. The zero-order valence-electron chi connectivity index (χ0n) is 13.0. The number of methoxy groups -OCH3 is 1. The Labute approximate surface area is 134 Å². The standard InChI is InChI=1S/C15H21FO6S/c1-22-12(17)8-15(16,23(19,20)21)13(18)14-5-9-2-10(6-14)4-11(3-9)7-14/h9-11H,2-8H2,1H3,(H,19,20,21). The predicted octanol–water partition coefficient (Wildman–Crippen LogP) is 1.89. The SMILES string of the molecule is COC(=O)CC(F)(C(=O)C12CC3CC(CC(C3)C1)C2)S(=O)(=O)O. The van der Waals surface area contributed by atoms with Crippen LogP contribution in [0.4, 0.5) is 4.39 Å². The van der Waals surface area contributed by atoms with Crippen molar-refractivity contribution in [2.45, 2.75) is 49.9 Å². The molecule has 4 aliphatic carbocycles. The van der Waals surface area contributed by atoms with Crippen molar-refractivity contribution >= 4 is 21.9 Å². The zero-order valence-corrected chi connectivity index (χ0v) is 13.8. The highest BCUT2D eigenvalue weighted by atomic mass is 32.2. The molecule has 4 rings (SSSR count). The van der Waals surface area contributed by atoms with Gasteiger partial charge in [-0.15, -0.1) is 0 Å². The molecule has 0 heterocycles. The van der Waals surface area contributed by atoms with Crippen molar-refractivity contribution < 1.29 is 31.7 Å². The van der Waals surface area contributed by atoms with E-state index in [0.717, 1.165) is 26.4 Å². The fraction of sp³-hybridized carbons (Fsp3) is 0.867. The third-order valence-corrected chi connectivity index (χ3v) is 7.01. The fourth-order valence-electron chi connectivity index (χ4n) is 5.33. The minimum absolute atomic E-state index is 0.300. The Hall–Kier alpha value is -1.02. The lowest BCUT2D eigenvalue weighted by molar-refractivity contribution is -0.157. The summed E-state index contributed by atoms with van der Waals surface area (Å²) in [6.45, 7) is 0. The smallest absolute Gasteiger partial charge is 0.310 e. The second-order valence-electron chi connectivity index (χ2n) is 7.48. The molecule has 0 aromatic rings. The largest absolute Gasteiger partial charge is 0.469 e. The maximum Gasteiger partial charge on any atom is 0.310 e. The maximum absolute atomic E-state index is 15.2. The second kappa shape index (κ2) is 5.24. The number of Topliss-reactive ketones (excluding diaryl/α,β-unsaturated/α-hetero) is 1. The number of hydrogen-bond acceptors (Lipinski definition) is 5. The van der Waals surface area contributed by atoms with Crippen molar-refractivity contribution in [1.82, 2.24) is 0 Å². The number of hydrogen-bond donors (Lipinski definition) is 1. The molecule has 0 spiro atoms. The van der Waals surface area contributed by atoms with Gasteiger partial charge in [-0.25, -0.2) is 4.39 Å². The normalized spacial score (nSPS) is 38.1. The lowest BCUT2D eigenvalue weighted by atomic mass is 9.48. The van der Waals surface area contributed by atoms with Crippen LogP contribution in [0.25, 0.3) is 0 Å². The maximum atomic E-state index is 15.2. The molecule has 130 valence electrons. The van der Waals surface area contributed by atoms with Crippen LogP contribution in [0.1, 0.15) is 44.9 Å². The van der Waals surface area contributed by atoms with Gasteiger partial charge in [-0.2, -0.15) is 8.42 Å². The van der Waals surface area contributed by atoms with E-state index in [0.29, 0.717) is 37.0 Å². The molecule has 4 fully saturated rings. The zero-order chi connectivity index (χ0) is 17.0. The summed E-state index contributed by atoms with van der Waals surface area (Å²) in [7, 11) is -4.41. The summed E-state index contributed by atoms with van der Waals surface area (Å²) in [6, 6.07) is 0. The molecular formula is C15H21FO6S. The van der Waals surface area contributed by atoms with Gasteiger partial charge in [0.1, 0.15) is 6.42 Å². The van der Waals surface area contributed by atoms with Crippen molar-refractivity contribution in [3.63, 3.8) is 0 Å². The highest BCUT2D eigenvalue weighted by Crippen LogP contribution is 2.61. The number of rotatable bonds is 5. The Balaban J connectivity index is 1.97. The molecule has 0 aliphatic heterocycles. The summed E-state index contributed by atoms with van der Waals surface area (Å²) in [5.41, 5.74) is -1.08. The summed E-state index contributed by atoms with van der Waals surface area (Å²) in [5.74, 6) is -1.43. The average molecular weight is 348 g/mol. The van der Waals surface area contributed by atoms with Crippen LogP contribution in [0, 0.1) is 23.2 Å². The molecule has 4 saturated carbocycles. The number of ether oxygens (including phenoxy) is 1. The molecule has 1 unspecified atom stereocenters. The van der Waals surface area contributed by atoms with Gasteiger partial charge in [-0.3, -0.25) is 14.1 Å². The van der Waals surface area contributed by atoms with Gasteiger partial charge in [-0.1, -0.05) is 0 Å². The van der Waals surface area contributed by atoms with Crippen LogP contribution in [-0.4, -0.2) is 36.8 Å². The summed E-state index contributed by atoms with van der Waals surface area (Å²) in [6.07, 6.45) is 3.02. The number of halogens is 1. The minimum atomic E-state index is -5.38. The molecule has 6 nitrogen and oxygen atoms in total. The van der Waals surface area contributed by atoms with Gasteiger partial charge in [0.25, 0.3) is 0 Å². The van der Waals surface area contributed by atoms with E-state index in [1.807, 2.05) is 0 Å². The molecule has 1 N–H and O–H groups in total. The van der Waals surface area contributed by atoms with Crippen LogP contribution >= 0.6 is 0 Å². The Kier molecular flexibility index (Phi) is 3.83. The van der Waals surface area contributed by atoms with Gasteiger partial charge < -0.3 is 4.74 Å². The monoisotopic (exact) mass is 348 g/mol. The van der Waals surface area contributed by atoms with Gasteiger partial charge in [0, 0.05) is 5.41 Å². The number of ketones is 1. The first-order valence-electron chi connectivity index (χ1n) is 7.87. The number of esters is 1. The van der Waals surface area contributed by atoms with Crippen molar-refractivity contribution in [3.8, 4) is 0 Å². The number of alkyl halides is 1. The van der Waals surface area contributed by atoms with Gasteiger partial charge in [-0.05, 0) is 56.3 Å². The lowest BCUT2D eigenvalue weighted by Crippen LogP contribution is -2.58. The van der Waals surface area contributed by atoms with Crippen LogP contribution in [0.2, 0.25) is 0 Å². The molecule has 23 heavy (non-hydrogen) atoms. The Bertz CT molecular complexity index is 607. The van der Waals surface area contributed by atoms with Crippen molar-refractivity contribution in [1.29, 1.82) is 0 Å². The van der Waals surface area contributed by atoms with E-state index in [1.54, 1.807) is 0 Å². The van der Waals surface area contributed by atoms with Crippen LogP contribution in [0.5, 0.6) is 0 Å². The highest BCUT2D eigenvalue weighted by molar-refractivity contribution is 7.88. The number of carbonyl (C=O) groups excluding carboxylic acids is 2. The van der Waals surface area contributed by atoms with E-state index >= 15 is 4.39 Å². The fourth-order valence-corrected chi connectivity index (χ4v) is 6.08. The van der Waals surface area contributed by atoms with E-state index in [9.17, 15) is 22.6 Å². The molecule has 0 amide bonds. The van der Waals surface area contributed by atoms with Crippen molar-refractivity contribution in [2.24, 2.45) is 23.2 Å². The summed E-state index contributed by atoms with van der Waals surface area (Å²) < 4.78 is 52.0. The van der Waals surface area contributed by atoms with E-state index in [-0.39, 0.29) is 0 Å². The quantitative estimate of drug-likeness (QED) is 0.602. The Morgan fingerprint density at radius 2 is 1.61 bits per heavy atom. The van der Waals surface area contributed by atoms with E-state index < -0.39 is 38.7 Å². The third kappa shape index (κ3) is 2.59. The van der Waals surface area contributed by atoms with Crippen LogP contribution in [0.15, 0.2) is 0 Å². The molecule has 0 aromatic carbocycles.